The summed E-state index contributed by atoms with van der Waals surface area (Å²) in [6.07, 6.45) is 0. The quantitative estimate of drug-likeness (QED) is 0.252. The Balaban J connectivity index is 1.58. The van der Waals surface area contributed by atoms with E-state index in [0.29, 0.717) is 22.3 Å². The molecule has 0 unspecified atom stereocenters. The van der Waals surface area contributed by atoms with Gasteiger partial charge in [0.25, 0.3) is 0 Å². The van der Waals surface area contributed by atoms with Crippen molar-refractivity contribution in [2.45, 2.75) is 0 Å². The fraction of sp³-hybridized carbons (Fsp3) is 0. The molecular formula is C34H17N5. The summed E-state index contributed by atoms with van der Waals surface area (Å²) in [5.74, 6) is 0. The van der Waals surface area contributed by atoms with Crippen LogP contribution in [-0.4, -0.2) is 4.57 Å². The molecule has 6 aromatic rings. The second kappa shape index (κ2) is 9.38. The van der Waals surface area contributed by atoms with Crippen molar-refractivity contribution in [1.82, 2.24) is 4.57 Å². The number of rotatable bonds is 3. The summed E-state index contributed by atoms with van der Waals surface area (Å²) in [5, 5.41) is 40.0. The maximum Gasteiger partial charge on any atom is 0.0992 e. The Bertz CT molecular complexity index is 2050. The van der Waals surface area contributed by atoms with E-state index >= 15 is 0 Å². The van der Waals surface area contributed by atoms with Crippen molar-refractivity contribution in [3.8, 4) is 52.2 Å². The van der Waals surface area contributed by atoms with E-state index in [1.165, 1.54) is 0 Å². The number of fused-ring (bicyclic) bond motifs is 3. The van der Waals surface area contributed by atoms with Crippen molar-refractivity contribution in [3.63, 3.8) is 0 Å². The predicted octanol–water partition coefficient (Wildman–Crippen LogP) is 7.60. The van der Waals surface area contributed by atoms with Crippen LogP contribution in [0.2, 0.25) is 0 Å². The fourth-order valence-corrected chi connectivity index (χ4v) is 5.06. The highest BCUT2D eigenvalue weighted by Crippen LogP contribution is 2.35. The van der Waals surface area contributed by atoms with Gasteiger partial charge in [-0.05, 0) is 95.1 Å². The third-order valence-corrected chi connectivity index (χ3v) is 6.85. The molecule has 0 fully saturated rings. The van der Waals surface area contributed by atoms with Crippen LogP contribution in [0.1, 0.15) is 22.3 Å². The zero-order valence-electron chi connectivity index (χ0n) is 20.6. The molecule has 0 bridgehead atoms. The van der Waals surface area contributed by atoms with E-state index in [2.05, 4.69) is 34.9 Å². The van der Waals surface area contributed by atoms with Crippen LogP contribution in [0.15, 0.2) is 103 Å². The molecule has 39 heavy (non-hydrogen) atoms. The average molecular weight is 496 g/mol. The van der Waals surface area contributed by atoms with Gasteiger partial charge in [-0.25, -0.2) is 0 Å². The summed E-state index contributed by atoms with van der Waals surface area (Å²) in [5.41, 5.74) is 8.45. The number of nitriles is 4. The molecule has 0 N–H and O–H groups in total. The van der Waals surface area contributed by atoms with Gasteiger partial charge in [0.15, 0.2) is 0 Å². The Kier molecular flexibility index (Phi) is 5.60. The van der Waals surface area contributed by atoms with Crippen molar-refractivity contribution in [3.05, 3.63) is 125 Å². The summed E-state index contributed by atoms with van der Waals surface area (Å²) >= 11 is 0. The first-order valence-electron chi connectivity index (χ1n) is 12.2. The fourth-order valence-electron chi connectivity index (χ4n) is 5.06. The van der Waals surface area contributed by atoms with Crippen molar-refractivity contribution >= 4 is 21.8 Å². The number of aromatic nitrogens is 1. The minimum Gasteiger partial charge on any atom is -0.309 e. The molecule has 0 spiro atoms. The van der Waals surface area contributed by atoms with Gasteiger partial charge in [-0.1, -0.05) is 30.3 Å². The van der Waals surface area contributed by atoms with Gasteiger partial charge in [-0.3, -0.25) is 0 Å². The Morgan fingerprint density at radius 3 is 1.49 bits per heavy atom. The van der Waals surface area contributed by atoms with Crippen LogP contribution in [0.25, 0.3) is 49.7 Å². The zero-order valence-corrected chi connectivity index (χ0v) is 20.6. The number of benzene rings is 5. The molecular weight excluding hydrogens is 478 g/mol. The lowest BCUT2D eigenvalue weighted by molar-refractivity contribution is 1.18. The summed E-state index contributed by atoms with van der Waals surface area (Å²) in [6.45, 7) is 0. The van der Waals surface area contributed by atoms with Gasteiger partial charge in [-0.2, -0.15) is 21.0 Å². The van der Waals surface area contributed by atoms with E-state index in [9.17, 15) is 21.0 Å². The Hall–Kier alpha value is -6.14. The highest BCUT2D eigenvalue weighted by Gasteiger charge is 2.15. The number of hydrogen-bond donors (Lipinski definition) is 0. The van der Waals surface area contributed by atoms with E-state index < -0.39 is 0 Å². The minimum atomic E-state index is 0.511. The maximum atomic E-state index is 9.92. The van der Waals surface area contributed by atoms with Crippen LogP contribution in [-0.2, 0) is 0 Å². The van der Waals surface area contributed by atoms with Gasteiger partial charge >= 0.3 is 0 Å². The topological polar surface area (TPSA) is 100 Å². The molecule has 0 amide bonds. The summed E-state index contributed by atoms with van der Waals surface area (Å²) < 4.78 is 2.07. The molecule has 0 aliphatic carbocycles. The molecule has 1 heterocycles. The Labute approximate surface area is 224 Å². The molecule has 1 aromatic heterocycles. The minimum absolute atomic E-state index is 0.511. The molecule has 0 saturated heterocycles. The molecule has 5 aromatic carbocycles. The molecule has 0 saturated carbocycles. The van der Waals surface area contributed by atoms with Crippen LogP contribution >= 0.6 is 0 Å². The highest BCUT2D eigenvalue weighted by atomic mass is 15.0. The lowest BCUT2D eigenvalue weighted by atomic mass is 9.97. The standard InChI is InChI=1S/C34H17N5/c35-18-22-3-1-4-26(11-22)27-5-2-6-28(16-27)29-12-25(21-38)13-30(17-29)39-33-9-7-23(19-36)14-31(33)32-15-24(20-37)8-10-34(32)39/h1-17H. The van der Waals surface area contributed by atoms with Crippen LogP contribution in [0.4, 0.5) is 0 Å². The van der Waals surface area contributed by atoms with Gasteiger partial charge in [0, 0.05) is 16.5 Å². The molecule has 5 heteroatoms. The van der Waals surface area contributed by atoms with Crippen molar-refractivity contribution in [1.29, 1.82) is 21.0 Å². The third-order valence-electron chi connectivity index (χ3n) is 6.85. The number of hydrogen-bond acceptors (Lipinski definition) is 4. The van der Waals surface area contributed by atoms with Crippen LogP contribution in [0.5, 0.6) is 0 Å². The van der Waals surface area contributed by atoms with Crippen molar-refractivity contribution < 1.29 is 0 Å². The van der Waals surface area contributed by atoms with E-state index in [1.54, 1.807) is 18.2 Å². The molecule has 5 nitrogen and oxygen atoms in total. The third kappa shape index (κ3) is 4.04. The van der Waals surface area contributed by atoms with Gasteiger partial charge < -0.3 is 4.57 Å². The first kappa shape index (κ1) is 23.3. The zero-order chi connectivity index (χ0) is 26.9. The summed E-state index contributed by atoms with van der Waals surface area (Å²) in [4.78, 5) is 0. The van der Waals surface area contributed by atoms with Crippen molar-refractivity contribution in [2.75, 3.05) is 0 Å². The van der Waals surface area contributed by atoms with Gasteiger partial charge in [-0.15, -0.1) is 0 Å². The van der Waals surface area contributed by atoms with Crippen LogP contribution in [0, 0.1) is 45.3 Å². The smallest absolute Gasteiger partial charge is 0.0992 e. The normalized spacial score (nSPS) is 10.5. The SMILES string of the molecule is N#Cc1cccc(-c2cccc(-c3cc(C#N)cc(-n4c5ccc(C#N)cc5c5cc(C#N)ccc54)c3)c2)c1. The predicted molar refractivity (Wildman–Crippen MR) is 151 cm³/mol. The highest BCUT2D eigenvalue weighted by molar-refractivity contribution is 6.10. The Morgan fingerprint density at radius 1 is 0.410 bits per heavy atom. The maximum absolute atomic E-state index is 9.92. The second-order valence-electron chi connectivity index (χ2n) is 9.18. The molecule has 0 aliphatic rings. The largest absolute Gasteiger partial charge is 0.309 e. The first-order valence-corrected chi connectivity index (χ1v) is 12.2. The molecule has 6 rings (SSSR count). The Morgan fingerprint density at radius 2 is 0.897 bits per heavy atom. The van der Waals surface area contributed by atoms with Gasteiger partial charge in [0.1, 0.15) is 0 Å². The molecule has 0 atom stereocenters. The molecule has 0 radical (unpaired) electrons. The van der Waals surface area contributed by atoms with E-state index in [4.69, 9.17) is 0 Å². The number of nitrogens with zero attached hydrogens (tertiary/aromatic N) is 5. The van der Waals surface area contributed by atoms with E-state index in [1.807, 2.05) is 78.9 Å². The van der Waals surface area contributed by atoms with Crippen LogP contribution < -0.4 is 0 Å². The summed E-state index contributed by atoms with van der Waals surface area (Å²) in [6, 6.07) is 41.2. The molecule has 178 valence electrons. The average Bonchev–Trinajstić information content (AvgIpc) is 3.33. The lowest BCUT2D eigenvalue weighted by Gasteiger charge is -2.12. The monoisotopic (exact) mass is 495 g/mol. The van der Waals surface area contributed by atoms with E-state index in [-0.39, 0.29) is 0 Å². The lowest BCUT2D eigenvalue weighted by Crippen LogP contribution is -1.96. The second-order valence-corrected chi connectivity index (χ2v) is 9.18. The molecule has 0 aliphatic heterocycles. The van der Waals surface area contributed by atoms with Crippen LogP contribution in [0.3, 0.4) is 0 Å². The van der Waals surface area contributed by atoms with Gasteiger partial charge in [0.05, 0.1) is 57.6 Å². The van der Waals surface area contributed by atoms with Gasteiger partial charge in [0.2, 0.25) is 0 Å². The van der Waals surface area contributed by atoms with E-state index in [0.717, 1.165) is 49.7 Å². The van der Waals surface area contributed by atoms with Crippen molar-refractivity contribution in [2.24, 2.45) is 0 Å². The first-order chi connectivity index (χ1) is 19.1. The summed E-state index contributed by atoms with van der Waals surface area (Å²) in [7, 11) is 0.